The number of benzene rings is 10. The van der Waals surface area contributed by atoms with Crippen LogP contribution in [0.2, 0.25) is 0 Å². The lowest BCUT2D eigenvalue weighted by atomic mass is 10.0. The van der Waals surface area contributed by atoms with Crippen LogP contribution in [0.25, 0.3) is 166 Å². The molecule has 0 radical (unpaired) electrons. The van der Waals surface area contributed by atoms with Crippen molar-refractivity contribution in [3.63, 3.8) is 0 Å². The zero-order valence-electron chi connectivity index (χ0n) is 70.6. The number of hydrogen-bond acceptors (Lipinski definition) is 10. The molecule has 0 saturated carbocycles. The van der Waals surface area contributed by atoms with Gasteiger partial charge in [0, 0.05) is 106 Å². The zero-order chi connectivity index (χ0) is 82.5. The summed E-state index contributed by atoms with van der Waals surface area (Å²) in [4.78, 5) is 22.9. The van der Waals surface area contributed by atoms with Gasteiger partial charge in [0.25, 0.3) is 0 Å². The van der Waals surface area contributed by atoms with Crippen molar-refractivity contribution in [2.75, 3.05) is 0 Å². The van der Waals surface area contributed by atoms with E-state index in [1.165, 1.54) is 41.7 Å². The van der Waals surface area contributed by atoms with E-state index < -0.39 is 25.5 Å². The third-order valence-electron chi connectivity index (χ3n) is 19.9. The van der Waals surface area contributed by atoms with E-state index in [1.807, 2.05) is 147 Å². The van der Waals surface area contributed by atoms with Crippen LogP contribution in [-0.4, -0.2) is 24.9 Å². The van der Waals surface area contributed by atoms with Gasteiger partial charge in [-0.25, -0.2) is 15.0 Å². The molecule has 10 nitrogen and oxygen atoms in total. The van der Waals surface area contributed by atoms with E-state index in [-0.39, 0.29) is 5.69 Å². The summed E-state index contributed by atoms with van der Waals surface area (Å²) in [5.74, 6) is -2.77. The summed E-state index contributed by atoms with van der Waals surface area (Å²) in [6, 6.07) is 92.5. The molecule has 110 heavy (non-hydrogen) atoms. The molecule has 10 heterocycles. The Morgan fingerprint density at radius 3 is 1.10 bits per heavy atom. The SMILES string of the molecule is Cc1ccc(-c2cccc3c2oc2c(C(C)C)ccnc23)cc1.Cc1ccc2oc3c(-c4ccccc4)cccc3c2n1.Cc1cccc(-c2cccc3c2oc2ccc(C(C)C)nc23)c1.[2H]C([2H])([2H])C([2H])(C)c1ccc2oc3c(-c4ccccc4)cccc3c2n1.[2H]C([2H])([2H])C([2H])(C)c1ccnc2c1oc1c(-c3ccccc3)cccc12. The monoisotopic (exact) mass is 1440 g/mol. The van der Waals surface area contributed by atoms with Gasteiger partial charge in [0.15, 0.2) is 27.9 Å². The lowest BCUT2D eigenvalue weighted by Crippen LogP contribution is -1.91. The minimum absolute atomic E-state index is 0.206. The molecular weight excluding hydrogens is 1350 g/mol. The van der Waals surface area contributed by atoms with Gasteiger partial charge < -0.3 is 22.1 Å². The fraction of sp³-hybridized carbons (Fsp3) is 0.150. The van der Waals surface area contributed by atoms with Gasteiger partial charge in [0.2, 0.25) is 0 Å². The Balaban J connectivity index is 0.000000111. The second-order valence-corrected chi connectivity index (χ2v) is 28.4. The molecule has 20 aromatic rings. The van der Waals surface area contributed by atoms with Crippen molar-refractivity contribution in [3.05, 3.63) is 331 Å². The molecule has 20 rings (SSSR count). The van der Waals surface area contributed by atoms with E-state index in [2.05, 4.69) is 189 Å². The highest BCUT2D eigenvalue weighted by Crippen LogP contribution is 2.43. The molecule has 0 aliphatic rings. The normalized spacial score (nSPS) is 13.9. The first kappa shape index (κ1) is 62.0. The maximum Gasteiger partial charge on any atom is 0.157 e. The van der Waals surface area contributed by atoms with Gasteiger partial charge in [-0.2, -0.15) is 0 Å². The van der Waals surface area contributed by atoms with Gasteiger partial charge in [-0.3, -0.25) is 9.97 Å². The zero-order valence-corrected chi connectivity index (χ0v) is 62.6. The average molecular weight is 1440 g/mol. The van der Waals surface area contributed by atoms with Crippen molar-refractivity contribution in [3.8, 4) is 55.6 Å². The largest absolute Gasteiger partial charge is 0.454 e. The Labute approximate surface area is 651 Å². The minimum atomic E-state index is -2.48. The first-order valence-electron chi connectivity index (χ1n) is 41.1. The number of hydrogen-bond donors (Lipinski definition) is 0. The van der Waals surface area contributed by atoms with Crippen LogP contribution < -0.4 is 0 Å². The van der Waals surface area contributed by atoms with Gasteiger partial charge in [0.05, 0.1) is 0 Å². The van der Waals surface area contributed by atoms with E-state index >= 15 is 0 Å². The molecule has 0 bridgehead atoms. The van der Waals surface area contributed by atoms with E-state index in [4.69, 9.17) is 38.0 Å². The number of furan rings is 5. The average Bonchev–Trinajstić information content (AvgIpc) is 1.58. The van der Waals surface area contributed by atoms with E-state index in [1.54, 1.807) is 24.4 Å². The number of aromatic nitrogens is 5. The number of rotatable bonds is 9. The lowest BCUT2D eigenvalue weighted by molar-refractivity contribution is 0.656. The molecule has 0 spiro atoms. The molecule has 10 heteroatoms. The molecule has 0 fully saturated rings. The first-order valence-corrected chi connectivity index (χ1v) is 37.1. The number of fused-ring (bicyclic) bond motifs is 15. The Hall–Kier alpha value is -13.1. The molecule has 0 N–H and O–H groups in total. The van der Waals surface area contributed by atoms with Crippen LogP contribution in [0.3, 0.4) is 0 Å². The summed E-state index contributed by atoms with van der Waals surface area (Å²) >= 11 is 0. The van der Waals surface area contributed by atoms with E-state index in [0.29, 0.717) is 50.8 Å². The molecule has 0 amide bonds. The van der Waals surface area contributed by atoms with Crippen LogP contribution >= 0.6 is 0 Å². The number of aryl methyl sites for hydroxylation is 3. The Bertz CT molecular complexity index is 7070. The Morgan fingerprint density at radius 1 is 0.282 bits per heavy atom. The summed E-state index contributed by atoms with van der Waals surface area (Å²) in [7, 11) is 0. The highest BCUT2D eigenvalue weighted by atomic mass is 16.3. The van der Waals surface area contributed by atoms with Gasteiger partial charge in [-0.05, 0) is 151 Å². The van der Waals surface area contributed by atoms with Crippen molar-refractivity contribution < 1.29 is 33.1 Å². The van der Waals surface area contributed by atoms with Crippen LogP contribution in [0.15, 0.2) is 314 Å². The predicted molar refractivity (Wildman–Crippen MR) is 455 cm³/mol. The Kier molecular flexibility index (Phi) is 17.3. The molecule has 2 unspecified atom stereocenters. The molecule has 540 valence electrons. The quantitative estimate of drug-likeness (QED) is 0.138. The molecule has 2 atom stereocenters. The van der Waals surface area contributed by atoms with Crippen LogP contribution in [0.5, 0.6) is 0 Å². The lowest BCUT2D eigenvalue weighted by Gasteiger charge is -2.04. The summed E-state index contributed by atoms with van der Waals surface area (Å²) in [6.07, 6.45) is 3.42. The van der Waals surface area contributed by atoms with Crippen LogP contribution in [-0.2, 0) is 0 Å². The van der Waals surface area contributed by atoms with Crippen molar-refractivity contribution in [2.24, 2.45) is 0 Å². The van der Waals surface area contributed by atoms with E-state index in [9.17, 15) is 0 Å². The second kappa shape index (κ2) is 30.7. The summed E-state index contributed by atoms with van der Waals surface area (Å²) < 4.78 is 93.5. The summed E-state index contributed by atoms with van der Waals surface area (Å²) in [5.41, 5.74) is 28.8. The number of nitrogens with zero attached hydrogens (tertiary/aromatic N) is 5. The number of pyridine rings is 5. The van der Waals surface area contributed by atoms with Crippen molar-refractivity contribution in [1.29, 1.82) is 0 Å². The maximum atomic E-state index is 8.44. The molecule has 0 aliphatic carbocycles. The molecular formula is C100H85N5O5. The smallest absolute Gasteiger partial charge is 0.157 e. The van der Waals surface area contributed by atoms with Gasteiger partial charge in [-0.15, -0.1) is 0 Å². The number of para-hydroxylation sites is 5. The van der Waals surface area contributed by atoms with Gasteiger partial charge in [-0.1, -0.05) is 267 Å². The summed E-state index contributed by atoms with van der Waals surface area (Å²) in [5, 5.41) is 4.86. The maximum absolute atomic E-state index is 8.44. The highest BCUT2D eigenvalue weighted by molar-refractivity contribution is 6.12. The van der Waals surface area contributed by atoms with E-state index in [0.717, 1.165) is 133 Å². The molecule has 10 aromatic carbocycles. The fourth-order valence-corrected chi connectivity index (χ4v) is 14.3. The van der Waals surface area contributed by atoms with Crippen LogP contribution in [0.4, 0.5) is 0 Å². The first-order chi connectivity index (χ1) is 56.7. The van der Waals surface area contributed by atoms with Crippen molar-refractivity contribution in [2.45, 2.75) is 99.6 Å². The Morgan fingerprint density at radius 2 is 0.655 bits per heavy atom. The predicted octanol–water partition coefficient (Wildman–Crippen LogP) is 28.7. The standard InChI is InChI=1S/2C21H19NO.2C20H17NO.C18H13NO/c1-13(2)18-10-11-19-20(22-18)17-9-5-8-16(21(17)23-19)15-7-4-6-14(3)12-15;1-13(2)16-11-12-22-19-18-6-4-5-17(20(18)23-21(16)19)15-9-7-14(3)8-10-15;1-13(2)15-11-12-21-18-17-10-6-9-16(19(17)22-20(15)18)14-7-4-3-5-8-14;1-13(2)17-11-12-18-19(21-17)16-10-6-9-15(20(16)22-18)14-7-4-3-5-8-14;1-12-10-11-16-17(19-12)15-9-5-8-14(18(15)20-16)13-6-3-2-4-7-13/h2*4-13H,1-3H3;2*3-13H,1-2H3;2-11H,1H3/i;;2*1D3,13D;. The van der Waals surface area contributed by atoms with Gasteiger partial charge >= 0.3 is 0 Å². The summed E-state index contributed by atoms with van der Waals surface area (Å²) in [6.45, 7) is 12.7. The second-order valence-electron chi connectivity index (χ2n) is 28.4. The van der Waals surface area contributed by atoms with Crippen molar-refractivity contribution >= 4 is 110 Å². The molecule has 0 aliphatic heterocycles. The van der Waals surface area contributed by atoms with Crippen molar-refractivity contribution in [1.82, 2.24) is 24.9 Å². The highest BCUT2D eigenvalue weighted by Gasteiger charge is 2.22. The third-order valence-corrected chi connectivity index (χ3v) is 19.9. The topological polar surface area (TPSA) is 130 Å². The fourth-order valence-electron chi connectivity index (χ4n) is 14.3. The van der Waals surface area contributed by atoms with Gasteiger partial charge in [0.1, 0.15) is 55.5 Å². The minimum Gasteiger partial charge on any atom is -0.454 e. The van der Waals surface area contributed by atoms with Crippen LogP contribution in [0.1, 0.15) is 129 Å². The molecule has 0 saturated heterocycles. The van der Waals surface area contributed by atoms with Crippen LogP contribution in [0, 0.1) is 20.8 Å². The third kappa shape index (κ3) is 14.1. The molecule has 10 aromatic heterocycles.